The number of unbranched alkanes of at least 4 members (excludes halogenated alkanes) is 6. The summed E-state index contributed by atoms with van der Waals surface area (Å²) in [5.74, 6) is -0.164. The zero-order chi connectivity index (χ0) is 30.2. The first-order valence-electron chi connectivity index (χ1n) is 16.0. The number of likely N-dealkylation sites (tertiary alicyclic amines) is 1. The van der Waals surface area contributed by atoms with Crippen molar-refractivity contribution in [3.63, 3.8) is 0 Å². The van der Waals surface area contributed by atoms with Crippen molar-refractivity contribution < 1.29 is 23.9 Å². The SMILES string of the molecule is CCCCCCCCNC(=O)N1CCC2(CC1)C(=O)N[C@@H](CCCCNC(=O)OCc1ccccc1)C(=O)N2CCC. The van der Waals surface area contributed by atoms with E-state index in [0.29, 0.717) is 64.8 Å². The van der Waals surface area contributed by atoms with Gasteiger partial charge in [-0.3, -0.25) is 9.59 Å². The van der Waals surface area contributed by atoms with Crippen LogP contribution in [-0.2, 0) is 20.9 Å². The van der Waals surface area contributed by atoms with Gasteiger partial charge in [0.1, 0.15) is 18.2 Å². The van der Waals surface area contributed by atoms with Crippen LogP contribution in [0.1, 0.15) is 96.5 Å². The number of ether oxygens (including phenoxy) is 1. The van der Waals surface area contributed by atoms with E-state index >= 15 is 0 Å². The number of piperazine rings is 1. The van der Waals surface area contributed by atoms with Crippen LogP contribution in [-0.4, -0.2) is 78.0 Å². The summed E-state index contributed by atoms with van der Waals surface area (Å²) in [7, 11) is 0. The minimum absolute atomic E-state index is 0.0485. The lowest BCUT2D eigenvalue weighted by molar-refractivity contribution is -0.161. The van der Waals surface area contributed by atoms with Gasteiger partial charge in [-0.05, 0) is 50.5 Å². The highest BCUT2D eigenvalue weighted by Gasteiger charge is 2.53. The van der Waals surface area contributed by atoms with Gasteiger partial charge in [0.25, 0.3) is 0 Å². The molecule has 42 heavy (non-hydrogen) atoms. The highest BCUT2D eigenvalue weighted by Crippen LogP contribution is 2.34. The maximum atomic E-state index is 13.5. The lowest BCUT2D eigenvalue weighted by Gasteiger charge is -2.51. The van der Waals surface area contributed by atoms with E-state index in [-0.39, 0.29) is 24.5 Å². The predicted octanol–water partition coefficient (Wildman–Crippen LogP) is 4.72. The number of rotatable bonds is 16. The number of urea groups is 1. The van der Waals surface area contributed by atoms with Crippen molar-refractivity contribution in [3.8, 4) is 0 Å². The van der Waals surface area contributed by atoms with Crippen LogP contribution in [0, 0.1) is 0 Å². The number of benzene rings is 1. The summed E-state index contributed by atoms with van der Waals surface area (Å²) in [6.07, 6.45) is 10.1. The number of nitrogens with zero attached hydrogens (tertiary/aromatic N) is 2. The molecule has 2 aliphatic rings. The molecule has 0 saturated carbocycles. The predicted molar refractivity (Wildman–Crippen MR) is 163 cm³/mol. The Kier molecular flexibility index (Phi) is 13.9. The molecular formula is C32H51N5O5. The number of amides is 5. The molecule has 10 heteroatoms. The zero-order valence-electron chi connectivity index (χ0n) is 25.6. The quantitative estimate of drug-likeness (QED) is 0.243. The summed E-state index contributed by atoms with van der Waals surface area (Å²) in [6.45, 7) is 6.93. The zero-order valence-corrected chi connectivity index (χ0v) is 25.6. The van der Waals surface area contributed by atoms with Crippen molar-refractivity contribution in [2.75, 3.05) is 32.7 Å². The van der Waals surface area contributed by atoms with Crippen LogP contribution in [0.2, 0.25) is 0 Å². The number of hydrogen-bond acceptors (Lipinski definition) is 5. The topological polar surface area (TPSA) is 120 Å². The molecule has 2 heterocycles. The first kappa shape index (κ1) is 33.2. The van der Waals surface area contributed by atoms with Crippen molar-refractivity contribution in [2.24, 2.45) is 0 Å². The molecule has 2 fully saturated rings. The van der Waals surface area contributed by atoms with E-state index in [9.17, 15) is 19.2 Å². The van der Waals surface area contributed by atoms with Crippen molar-refractivity contribution >= 4 is 23.9 Å². The molecule has 0 aliphatic carbocycles. The smallest absolute Gasteiger partial charge is 0.407 e. The first-order valence-corrected chi connectivity index (χ1v) is 16.0. The van der Waals surface area contributed by atoms with E-state index < -0.39 is 17.7 Å². The van der Waals surface area contributed by atoms with Gasteiger partial charge in [0.2, 0.25) is 11.8 Å². The third kappa shape index (κ3) is 9.63. The molecule has 234 valence electrons. The minimum Gasteiger partial charge on any atom is -0.445 e. The van der Waals surface area contributed by atoms with Crippen molar-refractivity contribution in [1.82, 2.24) is 25.8 Å². The Morgan fingerprint density at radius 2 is 1.57 bits per heavy atom. The fraction of sp³-hybridized carbons (Fsp3) is 0.688. The molecule has 3 N–H and O–H groups in total. The number of piperidine rings is 1. The molecule has 0 unspecified atom stereocenters. The van der Waals surface area contributed by atoms with E-state index in [4.69, 9.17) is 4.74 Å². The third-order valence-corrected chi connectivity index (χ3v) is 8.34. The maximum absolute atomic E-state index is 13.5. The summed E-state index contributed by atoms with van der Waals surface area (Å²) in [4.78, 5) is 55.2. The molecule has 2 saturated heterocycles. The third-order valence-electron chi connectivity index (χ3n) is 8.34. The van der Waals surface area contributed by atoms with Gasteiger partial charge in [-0.25, -0.2) is 9.59 Å². The summed E-state index contributed by atoms with van der Waals surface area (Å²) in [5, 5.41) is 8.77. The summed E-state index contributed by atoms with van der Waals surface area (Å²) >= 11 is 0. The molecule has 5 amide bonds. The summed E-state index contributed by atoms with van der Waals surface area (Å²) < 4.78 is 5.23. The van der Waals surface area contributed by atoms with Gasteiger partial charge in [0, 0.05) is 32.7 Å². The largest absolute Gasteiger partial charge is 0.445 e. The van der Waals surface area contributed by atoms with Crippen LogP contribution in [0.4, 0.5) is 9.59 Å². The monoisotopic (exact) mass is 585 g/mol. The van der Waals surface area contributed by atoms with Gasteiger partial charge in [0.05, 0.1) is 0 Å². The van der Waals surface area contributed by atoms with Crippen LogP contribution in [0.3, 0.4) is 0 Å². The van der Waals surface area contributed by atoms with Crippen molar-refractivity contribution in [3.05, 3.63) is 35.9 Å². The Bertz CT molecular complexity index is 996. The minimum atomic E-state index is -0.899. The van der Waals surface area contributed by atoms with Gasteiger partial charge in [-0.2, -0.15) is 0 Å². The van der Waals surface area contributed by atoms with Crippen LogP contribution in [0.15, 0.2) is 30.3 Å². The Labute approximate surface area is 251 Å². The molecule has 1 aromatic rings. The van der Waals surface area contributed by atoms with Crippen LogP contribution in [0.25, 0.3) is 0 Å². The molecule has 1 atom stereocenters. The molecular weight excluding hydrogens is 534 g/mol. The number of alkyl carbamates (subject to hydrolysis) is 1. The van der Waals surface area contributed by atoms with Gasteiger partial charge >= 0.3 is 12.1 Å². The second-order valence-electron chi connectivity index (χ2n) is 11.5. The van der Waals surface area contributed by atoms with Crippen LogP contribution >= 0.6 is 0 Å². The number of carbonyl (C=O) groups is 4. The van der Waals surface area contributed by atoms with Gasteiger partial charge in [0.15, 0.2) is 0 Å². The standard InChI is InChI=1S/C32H51N5O5/c1-3-5-6-7-8-13-20-33-30(40)36-23-18-32(19-24-36)29(39)35-27(28(38)37(32)22-4-2)17-12-14-21-34-31(41)42-25-26-15-10-9-11-16-26/h9-11,15-16,27H,3-8,12-14,17-25H2,1-2H3,(H,33,40)(H,34,41)(H,35,39)/t27-/m0/s1. The highest BCUT2D eigenvalue weighted by atomic mass is 16.5. The summed E-state index contributed by atoms with van der Waals surface area (Å²) in [6, 6.07) is 8.83. The first-order chi connectivity index (χ1) is 20.4. The molecule has 10 nitrogen and oxygen atoms in total. The molecule has 3 rings (SSSR count). The normalized spacial score (nSPS) is 18.1. The molecule has 1 spiro atoms. The highest BCUT2D eigenvalue weighted by molar-refractivity contribution is 6.00. The molecule has 0 aromatic heterocycles. The molecule has 0 bridgehead atoms. The van der Waals surface area contributed by atoms with Crippen LogP contribution in [0.5, 0.6) is 0 Å². The average Bonchev–Trinajstić information content (AvgIpc) is 3.01. The van der Waals surface area contributed by atoms with Gasteiger partial charge in [-0.1, -0.05) is 76.3 Å². The second kappa shape index (κ2) is 17.6. The maximum Gasteiger partial charge on any atom is 0.407 e. The fourth-order valence-electron chi connectivity index (χ4n) is 5.85. The average molecular weight is 586 g/mol. The van der Waals surface area contributed by atoms with E-state index in [1.54, 1.807) is 9.80 Å². The lowest BCUT2D eigenvalue weighted by atomic mass is 9.81. The Hall–Kier alpha value is -3.30. The van der Waals surface area contributed by atoms with E-state index in [2.05, 4.69) is 22.9 Å². The molecule has 0 radical (unpaired) electrons. The Morgan fingerprint density at radius 3 is 2.29 bits per heavy atom. The number of carbonyl (C=O) groups excluding carboxylic acids is 4. The second-order valence-corrected chi connectivity index (χ2v) is 11.5. The number of hydrogen-bond donors (Lipinski definition) is 3. The van der Waals surface area contributed by atoms with E-state index in [1.807, 2.05) is 37.3 Å². The van der Waals surface area contributed by atoms with Gasteiger partial charge < -0.3 is 30.5 Å². The Morgan fingerprint density at radius 1 is 0.905 bits per heavy atom. The Balaban J connectivity index is 1.39. The molecule has 2 aliphatic heterocycles. The van der Waals surface area contributed by atoms with Crippen LogP contribution < -0.4 is 16.0 Å². The fourth-order valence-corrected chi connectivity index (χ4v) is 5.85. The van der Waals surface area contributed by atoms with Crippen molar-refractivity contribution in [1.29, 1.82) is 0 Å². The number of nitrogens with one attached hydrogen (secondary N) is 3. The van der Waals surface area contributed by atoms with E-state index in [0.717, 1.165) is 24.8 Å². The summed E-state index contributed by atoms with van der Waals surface area (Å²) in [5.41, 5.74) is 0.0232. The van der Waals surface area contributed by atoms with Crippen molar-refractivity contribution in [2.45, 2.75) is 109 Å². The molecule has 1 aromatic carbocycles. The van der Waals surface area contributed by atoms with E-state index in [1.165, 1.54) is 25.7 Å². The van der Waals surface area contributed by atoms with Gasteiger partial charge in [-0.15, -0.1) is 0 Å². The lowest BCUT2D eigenvalue weighted by Crippen LogP contribution is -2.73.